The molecule has 1 aromatic carbocycles. The molecule has 0 aliphatic heterocycles. The Labute approximate surface area is 67.2 Å². The van der Waals surface area contributed by atoms with Gasteiger partial charge >= 0.3 is 0 Å². The zero-order valence-electron chi connectivity index (χ0n) is 4.74. The van der Waals surface area contributed by atoms with Gasteiger partial charge in [-0.3, -0.25) is 0 Å². The van der Waals surface area contributed by atoms with Crippen LogP contribution in [0.15, 0.2) is 17.0 Å². The summed E-state index contributed by atoms with van der Waals surface area (Å²) in [6.45, 7) is 0. The van der Waals surface area contributed by atoms with E-state index in [2.05, 4.69) is 12.6 Å². The predicted molar refractivity (Wildman–Crippen MR) is 38.6 cm³/mol. The lowest BCUT2D eigenvalue weighted by Crippen LogP contribution is -1.82. The highest BCUT2D eigenvalue weighted by molar-refractivity contribution is 7.80. The van der Waals surface area contributed by atoms with Gasteiger partial charge < -0.3 is 0 Å². The van der Waals surface area contributed by atoms with Crippen molar-refractivity contribution >= 4 is 24.2 Å². The third-order valence-electron chi connectivity index (χ3n) is 0.982. The molecule has 1 rings (SSSR count). The lowest BCUT2D eigenvalue weighted by molar-refractivity contribution is 0.566. The number of benzene rings is 1. The molecule has 0 atom stereocenters. The third kappa shape index (κ3) is 1.41. The van der Waals surface area contributed by atoms with E-state index in [1.807, 2.05) is 0 Å². The van der Waals surface area contributed by atoms with Crippen LogP contribution in [0.3, 0.4) is 0 Å². The number of thiol groups is 1. The number of halogens is 3. The normalized spacial score (nSPS) is 10.0. The minimum absolute atomic E-state index is 0.0131. The van der Waals surface area contributed by atoms with Gasteiger partial charge in [0.2, 0.25) is 0 Å². The van der Waals surface area contributed by atoms with Crippen molar-refractivity contribution in [2.45, 2.75) is 4.90 Å². The Hall–Kier alpha value is -0.280. The van der Waals surface area contributed by atoms with Crippen molar-refractivity contribution in [1.29, 1.82) is 0 Å². The molecule has 0 saturated carbocycles. The largest absolute Gasteiger partial charge is 0.207 e. The first kappa shape index (κ1) is 7.82. The summed E-state index contributed by atoms with van der Waals surface area (Å²) >= 11 is 9.05. The highest BCUT2D eigenvalue weighted by Crippen LogP contribution is 2.23. The van der Waals surface area contributed by atoms with Crippen molar-refractivity contribution in [3.8, 4) is 0 Å². The highest BCUT2D eigenvalue weighted by atomic mass is 35.5. The Morgan fingerprint density at radius 2 is 1.90 bits per heavy atom. The van der Waals surface area contributed by atoms with E-state index in [-0.39, 0.29) is 9.92 Å². The first-order valence-corrected chi connectivity index (χ1v) is 3.27. The summed E-state index contributed by atoms with van der Waals surface area (Å²) in [6.07, 6.45) is 0. The molecule has 0 aromatic heterocycles. The molecule has 0 spiro atoms. The van der Waals surface area contributed by atoms with Gasteiger partial charge in [-0.05, 0) is 6.07 Å². The summed E-state index contributed by atoms with van der Waals surface area (Å²) in [5.41, 5.74) is 0. The van der Waals surface area contributed by atoms with Crippen LogP contribution in [0.2, 0.25) is 5.02 Å². The molecular weight excluding hydrogens is 178 g/mol. The van der Waals surface area contributed by atoms with E-state index in [4.69, 9.17) is 11.6 Å². The topological polar surface area (TPSA) is 0 Å². The van der Waals surface area contributed by atoms with Crippen molar-refractivity contribution in [1.82, 2.24) is 0 Å². The average Bonchev–Trinajstić information content (AvgIpc) is 1.82. The molecule has 54 valence electrons. The van der Waals surface area contributed by atoms with E-state index in [0.29, 0.717) is 0 Å². The molecule has 4 heteroatoms. The Morgan fingerprint density at radius 1 is 1.30 bits per heavy atom. The van der Waals surface area contributed by atoms with Gasteiger partial charge in [-0.25, -0.2) is 8.78 Å². The summed E-state index contributed by atoms with van der Waals surface area (Å²) in [6, 6.07) is 1.74. The smallest absolute Gasteiger partial charge is 0.140 e. The molecule has 0 saturated heterocycles. The van der Waals surface area contributed by atoms with E-state index in [9.17, 15) is 8.78 Å². The van der Waals surface area contributed by atoms with Crippen molar-refractivity contribution in [3.05, 3.63) is 28.8 Å². The minimum atomic E-state index is -0.742. The maximum Gasteiger partial charge on any atom is 0.140 e. The van der Waals surface area contributed by atoms with E-state index < -0.39 is 11.6 Å². The fraction of sp³-hybridized carbons (Fsp3) is 0. The molecule has 0 N–H and O–H groups in total. The monoisotopic (exact) mass is 180 g/mol. The van der Waals surface area contributed by atoms with Gasteiger partial charge in [0.1, 0.15) is 11.6 Å². The molecular formula is C6H3ClF2S. The first-order chi connectivity index (χ1) is 4.61. The van der Waals surface area contributed by atoms with Crippen LogP contribution in [-0.2, 0) is 0 Å². The quantitative estimate of drug-likeness (QED) is 0.584. The van der Waals surface area contributed by atoms with Gasteiger partial charge in [0.05, 0.1) is 9.92 Å². The van der Waals surface area contributed by atoms with E-state index in [1.165, 1.54) is 0 Å². The highest BCUT2D eigenvalue weighted by Gasteiger charge is 2.04. The van der Waals surface area contributed by atoms with Crippen molar-refractivity contribution in [3.63, 3.8) is 0 Å². The van der Waals surface area contributed by atoms with E-state index >= 15 is 0 Å². The number of hydrogen-bond acceptors (Lipinski definition) is 1. The van der Waals surface area contributed by atoms with E-state index in [0.717, 1.165) is 12.1 Å². The first-order valence-electron chi connectivity index (χ1n) is 2.45. The number of rotatable bonds is 0. The molecule has 10 heavy (non-hydrogen) atoms. The second-order valence-electron chi connectivity index (χ2n) is 1.72. The third-order valence-corrected chi connectivity index (χ3v) is 1.87. The summed E-state index contributed by atoms with van der Waals surface area (Å²) in [4.78, 5) is -0.0249. The maximum atomic E-state index is 12.4. The summed E-state index contributed by atoms with van der Waals surface area (Å²) in [5.74, 6) is -1.44. The van der Waals surface area contributed by atoms with Gasteiger partial charge in [-0.2, -0.15) is 0 Å². The Kier molecular flexibility index (Phi) is 2.16. The molecule has 0 radical (unpaired) electrons. The van der Waals surface area contributed by atoms with Crippen molar-refractivity contribution in [2.24, 2.45) is 0 Å². The second kappa shape index (κ2) is 2.76. The molecule has 0 aliphatic carbocycles. The van der Waals surface area contributed by atoms with Crippen LogP contribution in [0, 0.1) is 11.6 Å². The summed E-state index contributed by atoms with van der Waals surface area (Å²) in [5, 5.41) is -0.0131. The second-order valence-corrected chi connectivity index (χ2v) is 2.57. The predicted octanol–water partition coefficient (Wildman–Crippen LogP) is 2.91. The Bertz CT molecular complexity index is 239. The van der Waals surface area contributed by atoms with Crippen LogP contribution in [0.4, 0.5) is 8.78 Å². The zero-order valence-corrected chi connectivity index (χ0v) is 6.39. The van der Waals surface area contributed by atoms with Crippen LogP contribution in [0.5, 0.6) is 0 Å². The number of hydrogen-bond donors (Lipinski definition) is 1. The van der Waals surface area contributed by atoms with Gasteiger partial charge in [-0.1, -0.05) is 11.6 Å². The minimum Gasteiger partial charge on any atom is -0.207 e. The molecule has 1 aromatic rings. The fourth-order valence-electron chi connectivity index (χ4n) is 0.535. The molecule has 0 unspecified atom stereocenters. The SMILES string of the molecule is Fc1cc(F)c(S)c(Cl)c1. The lowest BCUT2D eigenvalue weighted by Gasteiger charge is -1.96. The van der Waals surface area contributed by atoms with Crippen molar-refractivity contribution in [2.75, 3.05) is 0 Å². The van der Waals surface area contributed by atoms with Crippen LogP contribution < -0.4 is 0 Å². The van der Waals surface area contributed by atoms with Gasteiger partial charge in [0.15, 0.2) is 0 Å². The summed E-state index contributed by atoms with van der Waals surface area (Å²) < 4.78 is 24.7. The summed E-state index contributed by atoms with van der Waals surface area (Å²) in [7, 11) is 0. The van der Waals surface area contributed by atoms with E-state index in [1.54, 1.807) is 0 Å². The van der Waals surface area contributed by atoms with Crippen LogP contribution in [0.25, 0.3) is 0 Å². The van der Waals surface area contributed by atoms with Crippen LogP contribution in [-0.4, -0.2) is 0 Å². The fourth-order valence-corrected chi connectivity index (χ4v) is 0.858. The molecule has 0 fully saturated rings. The van der Waals surface area contributed by atoms with Gasteiger partial charge in [0.25, 0.3) is 0 Å². The Morgan fingerprint density at radius 3 is 2.40 bits per heavy atom. The molecule has 0 bridgehead atoms. The van der Waals surface area contributed by atoms with Crippen LogP contribution >= 0.6 is 24.2 Å². The average molecular weight is 181 g/mol. The van der Waals surface area contributed by atoms with Crippen LogP contribution in [0.1, 0.15) is 0 Å². The maximum absolute atomic E-state index is 12.4. The standard InChI is InChI=1S/C6H3ClF2S/c7-4-1-3(8)2-5(9)6(4)10/h1-2,10H. The molecule has 0 heterocycles. The molecule has 0 aliphatic rings. The Balaban J connectivity index is 3.31. The molecule has 0 nitrogen and oxygen atoms in total. The zero-order chi connectivity index (χ0) is 7.72. The lowest BCUT2D eigenvalue weighted by atomic mass is 10.3. The molecule has 0 amide bonds. The van der Waals surface area contributed by atoms with Gasteiger partial charge in [-0.15, -0.1) is 12.6 Å². The van der Waals surface area contributed by atoms with Gasteiger partial charge in [0, 0.05) is 6.07 Å². The van der Waals surface area contributed by atoms with Crippen molar-refractivity contribution < 1.29 is 8.78 Å².